The van der Waals surface area contributed by atoms with Gasteiger partial charge >= 0.3 is 0 Å². The van der Waals surface area contributed by atoms with Crippen molar-refractivity contribution in [3.8, 4) is 5.75 Å². The van der Waals surface area contributed by atoms with E-state index in [0.717, 1.165) is 5.56 Å². The molecular weight excluding hydrogens is 253 g/mol. The molecule has 3 heteroatoms. The maximum absolute atomic E-state index is 13.3. The van der Waals surface area contributed by atoms with Crippen LogP contribution in [0.15, 0.2) is 48.5 Å². The van der Waals surface area contributed by atoms with E-state index >= 15 is 0 Å². The molecule has 2 unspecified atom stereocenters. The summed E-state index contributed by atoms with van der Waals surface area (Å²) >= 11 is 0. The molecule has 0 radical (unpaired) electrons. The molecule has 0 saturated carbocycles. The zero-order chi connectivity index (χ0) is 14.1. The van der Waals surface area contributed by atoms with Crippen molar-refractivity contribution in [3.63, 3.8) is 0 Å². The third-order valence-electron chi connectivity index (χ3n) is 4.02. The van der Waals surface area contributed by atoms with Crippen LogP contribution < -0.4 is 10.5 Å². The number of benzene rings is 2. The molecule has 2 aromatic carbocycles. The van der Waals surface area contributed by atoms with E-state index in [2.05, 4.69) is 19.1 Å². The van der Waals surface area contributed by atoms with Crippen LogP contribution in [0.25, 0.3) is 0 Å². The number of hydrogen-bond donors (Lipinski definition) is 1. The number of ether oxygens (including phenoxy) is 1. The summed E-state index contributed by atoms with van der Waals surface area (Å²) in [7, 11) is 0. The lowest BCUT2D eigenvalue weighted by molar-refractivity contribution is 0.136. The van der Waals surface area contributed by atoms with E-state index in [1.54, 1.807) is 6.07 Å². The van der Waals surface area contributed by atoms with E-state index in [0.29, 0.717) is 12.2 Å². The monoisotopic (exact) mass is 271 g/mol. The maximum Gasteiger partial charge on any atom is 0.124 e. The molecule has 104 valence electrons. The zero-order valence-corrected chi connectivity index (χ0v) is 11.4. The third-order valence-corrected chi connectivity index (χ3v) is 4.02. The number of fused-ring (bicyclic) bond motifs is 1. The first kappa shape index (κ1) is 13.1. The van der Waals surface area contributed by atoms with Crippen LogP contribution in [0.3, 0.4) is 0 Å². The van der Waals surface area contributed by atoms with E-state index < -0.39 is 0 Å². The van der Waals surface area contributed by atoms with Gasteiger partial charge in [-0.15, -0.1) is 0 Å². The maximum atomic E-state index is 13.3. The first-order valence-corrected chi connectivity index (χ1v) is 6.92. The first-order chi connectivity index (χ1) is 9.65. The van der Waals surface area contributed by atoms with E-state index in [1.807, 2.05) is 18.2 Å². The van der Waals surface area contributed by atoms with Gasteiger partial charge in [-0.25, -0.2) is 4.39 Å². The fourth-order valence-corrected chi connectivity index (χ4v) is 2.78. The summed E-state index contributed by atoms with van der Waals surface area (Å²) in [6.45, 7) is 2.14. The topological polar surface area (TPSA) is 35.2 Å². The molecule has 1 aliphatic rings. The molecule has 3 rings (SSSR count). The molecule has 0 spiro atoms. The van der Waals surface area contributed by atoms with Crippen molar-refractivity contribution in [1.29, 1.82) is 0 Å². The summed E-state index contributed by atoms with van der Waals surface area (Å²) in [6.07, 6.45) is 0.720. The average Bonchev–Trinajstić information content (AvgIpc) is 2.48. The third kappa shape index (κ3) is 2.41. The van der Waals surface area contributed by atoms with Gasteiger partial charge in [0.05, 0.1) is 0 Å². The second-order valence-electron chi connectivity index (χ2n) is 5.38. The van der Waals surface area contributed by atoms with Gasteiger partial charge in [-0.3, -0.25) is 0 Å². The van der Waals surface area contributed by atoms with Gasteiger partial charge in [0.25, 0.3) is 0 Å². The SMILES string of the molecule is CC(c1ccccc1)C1C[C@@H](N)c2cc(F)ccc2O1. The minimum absolute atomic E-state index is 0.0189. The van der Waals surface area contributed by atoms with Crippen LogP contribution in [0.5, 0.6) is 5.75 Å². The van der Waals surface area contributed by atoms with E-state index in [1.165, 1.54) is 17.7 Å². The van der Waals surface area contributed by atoms with Gasteiger partial charge in [0, 0.05) is 23.9 Å². The van der Waals surface area contributed by atoms with Crippen molar-refractivity contribution in [1.82, 2.24) is 0 Å². The summed E-state index contributed by atoms with van der Waals surface area (Å²) in [4.78, 5) is 0. The second kappa shape index (κ2) is 5.25. The number of nitrogens with two attached hydrogens (primary N) is 1. The van der Waals surface area contributed by atoms with Crippen molar-refractivity contribution in [2.75, 3.05) is 0 Å². The molecule has 2 nitrogen and oxygen atoms in total. The van der Waals surface area contributed by atoms with Crippen LogP contribution >= 0.6 is 0 Å². The predicted octanol–water partition coefficient (Wildman–Crippen LogP) is 3.78. The highest BCUT2D eigenvalue weighted by atomic mass is 19.1. The summed E-state index contributed by atoms with van der Waals surface area (Å²) in [5.41, 5.74) is 8.17. The lowest BCUT2D eigenvalue weighted by atomic mass is 9.87. The second-order valence-corrected chi connectivity index (χ2v) is 5.38. The van der Waals surface area contributed by atoms with Crippen molar-refractivity contribution in [3.05, 3.63) is 65.5 Å². The van der Waals surface area contributed by atoms with Gasteiger partial charge in [-0.05, 0) is 23.8 Å². The molecule has 0 aliphatic carbocycles. The minimum atomic E-state index is -0.266. The standard InChI is InChI=1S/C17H18FNO/c1-11(12-5-3-2-4-6-12)17-10-15(19)14-9-13(18)7-8-16(14)20-17/h2-9,11,15,17H,10,19H2,1H3/t11?,15-,17?/m1/s1. The molecule has 2 aromatic rings. The minimum Gasteiger partial charge on any atom is -0.489 e. The molecule has 0 amide bonds. The van der Waals surface area contributed by atoms with Crippen molar-refractivity contribution < 1.29 is 9.13 Å². The lowest BCUT2D eigenvalue weighted by Crippen LogP contribution is -2.33. The molecule has 0 fully saturated rings. The van der Waals surface area contributed by atoms with Gasteiger partial charge in [-0.1, -0.05) is 37.3 Å². The Balaban J connectivity index is 1.86. The molecule has 0 saturated heterocycles. The zero-order valence-electron chi connectivity index (χ0n) is 11.4. The number of halogens is 1. The van der Waals surface area contributed by atoms with Gasteiger partial charge in [0.15, 0.2) is 0 Å². The van der Waals surface area contributed by atoms with Gasteiger partial charge in [0.2, 0.25) is 0 Å². The van der Waals surface area contributed by atoms with Crippen LogP contribution in [-0.4, -0.2) is 6.10 Å². The van der Waals surface area contributed by atoms with Crippen molar-refractivity contribution in [2.45, 2.75) is 31.4 Å². The summed E-state index contributed by atoms with van der Waals surface area (Å²) in [5.74, 6) is 0.691. The Labute approximate surface area is 118 Å². The molecule has 0 aromatic heterocycles. The van der Waals surface area contributed by atoms with Gasteiger partial charge in [-0.2, -0.15) is 0 Å². The van der Waals surface area contributed by atoms with E-state index in [-0.39, 0.29) is 23.9 Å². The Morgan fingerprint density at radius 2 is 1.95 bits per heavy atom. The van der Waals surface area contributed by atoms with Crippen molar-refractivity contribution in [2.24, 2.45) is 5.73 Å². The average molecular weight is 271 g/mol. The molecule has 1 aliphatic heterocycles. The molecule has 20 heavy (non-hydrogen) atoms. The van der Waals surface area contributed by atoms with Gasteiger partial charge < -0.3 is 10.5 Å². The van der Waals surface area contributed by atoms with E-state index in [4.69, 9.17) is 10.5 Å². The summed E-state index contributed by atoms with van der Waals surface area (Å²) < 4.78 is 19.3. The fourth-order valence-electron chi connectivity index (χ4n) is 2.78. The molecule has 3 atom stereocenters. The Hall–Kier alpha value is -1.87. The summed E-state index contributed by atoms with van der Waals surface area (Å²) in [6, 6.07) is 14.6. The first-order valence-electron chi connectivity index (χ1n) is 6.92. The van der Waals surface area contributed by atoms with Crippen LogP contribution in [0.1, 0.15) is 36.4 Å². The van der Waals surface area contributed by atoms with Crippen LogP contribution in [0.4, 0.5) is 4.39 Å². The Morgan fingerprint density at radius 3 is 2.70 bits per heavy atom. The van der Waals surface area contributed by atoms with Crippen LogP contribution in [-0.2, 0) is 0 Å². The smallest absolute Gasteiger partial charge is 0.124 e. The van der Waals surface area contributed by atoms with E-state index in [9.17, 15) is 4.39 Å². The predicted molar refractivity (Wildman–Crippen MR) is 77.2 cm³/mol. The Bertz CT molecular complexity index is 599. The largest absolute Gasteiger partial charge is 0.489 e. The highest BCUT2D eigenvalue weighted by Crippen LogP contribution is 2.38. The molecular formula is C17H18FNO. The molecule has 1 heterocycles. The number of hydrogen-bond acceptors (Lipinski definition) is 2. The Morgan fingerprint density at radius 1 is 1.20 bits per heavy atom. The van der Waals surface area contributed by atoms with Crippen LogP contribution in [0, 0.1) is 5.82 Å². The quantitative estimate of drug-likeness (QED) is 0.902. The highest BCUT2D eigenvalue weighted by molar-refractivity contribution is 5.39. The molecule has 0 bridgehead atoms. The molecule has 2 N–H and O–H groups in total. The normalized spacial score (nSPS) is 22.8. The van der Waals surface area contributed by atoms with Crippen molar-refractivity contribution >= 4 is 0 Å². The summed E-state index contributed by atoms with van der Waals surface area (Å²) in [5, 5.41) is 0. The number of rotatable bonds is 2. The van der Waals surface area contributed by atoms with Crippen LogP contribution in [0.2, 0.25) is 0 Å². The highest BCUT2D eigenvalue weighted by Gasteiger charge is 2.30. The fraction of sp³-hybridized carbons (Fsp3) is 0.294. The van der Waals surface area contributed by atoms with Gasteiger partial charge in [0.1, 0.15) is 17.7 Å². The lowest BCUT2D eigenvalue weighted by Gasteiger charge is -2.34. The Kier molecular flexibility index (Phi) is 3.45.